The predicted octanol–water partition coefficient (Wildman–Crippen LogP) is 14.2. The average molecular weight is 664 g/mol. The Morgan fingerprint density at radius 2 is 1.25 bits per heavy atom. The summed E-state index contributed by atoms with van der Waals surface area (Å²) in [5.74, 6) is 3.27. The fourth-order valence-corrected chi connectivity index (χ4v) is 10.8. The zero-order valence-electron chi connectivity index (χ0n) is 30.2. The van der Waals surface area contributed by atoms with Crippen LogP contribution in [0.1, 0.15) is 106 Å². The number of fused-ring (bicyclic) bond motifs is 6. The van der Waals surface area contributed by atoms with Crippen LogP contribution in [0, 0.1) is 11.8 Å². The van der Waals surface area contributed by atoms with Gasteiger partial charge < -0.3 is 4.90 Å². The lowest BCUT2D eigenvalue weighted by Crippen LogP contribution is -2.17. The van der Waals surface area contributed by atoms with Crippen LogP contribution in [0.5, 0.6) is 0 Å². The quantitative estimate of drug-likeness (QED) is 0.171. The molecule has 0 heterocycles. The van der Waals surface area contributed by atoms with Gasteiger partial charge >= 0.3 is 0 Å². The molecule has 2 bridgehead atoms. The number of hydrogen-bond donors (Lipinski definition) is 0. The predicted molar refractivity (Wildman–Crippen MR) is 216 cm³/mol. The van der Waals surface area contributed by atoms with Crippen LogP contribution >= 0.6 is 0 Å². The molecule has 51 heavy (non-hydrogen) atoms. The first-order chi connectivity index (χ1) is 25.0. The van der Waals surface area contributed by atoms with Crippen molar-refractivity contribution in [3.05, 3.63) is 150 Å². The Morgan fingerprint density at radius 1 is 0.529 bits per heavy atom. The average Bonchev–Trinajstić information content (AvgIpc) is 3.88. The summed E-state index contributed by atoms with van der Waals surface area (Å²) >= 11 is 0. The van der Waals surface area contributed by atoms with Gasteiger partial charge in [0.25, 0.3) is 0 Å². The Kier molecular flexibility index (Phi) is 7.49. The van der Waals surface area contributed by atoms with Crippen LogP contribution in [0.3, 0.4) is 0 Å². The maximum Gasteiger partial charge on any atom is 0.0465 e. The molecule has 0 saturated heterocycles. The molecule has 0 amide bonds. The monoisotopic (exact) mass is 663 g/mol. The Labute approximate surface area is 304 Å². The minimum atomic E-state index is -0.122. The van der Waals surface area contributed by atoms with Crippen molar-refractivity contribution in [3.8, 4) is 22.3 Å². The molecule has 0 N–H and O–H groups in total. The van der Waals surface area contributed by atoms with E-state index >= 15 is 0 Å². The van der Waals surface area contributed by atoms with E-state index in [0.29, 0.717) is 5.92 Å². The molecule has 0 aromatic heterocycles. The number of rotatable bonds is 6. The first-order valence-electron chi connectivity index (χ1n) is 19.8. The molecule has 254 valence electrons. The number of benzene rings is 6. The molecular weight excluding hydrogens is 615 g/mol. The molecule has 3 saturated carbocycles. The molecule has 1 nitrogen and oxygen atoms in total. The highest BCUT2D eigenvalue weighted by atomic mass is 15.1. The maximum atomic E-state index is 2.54. The van der Waals surface area contributed by atoms with Crippen molar-refractivity contribution >= 4 is 27.8 Å². The first-order valence-corrected chi connectivity index (χ1v) is 19.8. The third kappa shape index (κ3) is 5.26. The molecule has 3 fully saturated rings. The van der Waals surface area contributed by atoms with Crippen molar-refractivity contribution in [1.82, 2.24) is 0 Å². The van der Waals surface area contributed by atoms with Crippen molar-refractivity contribution in [3.63, 3.8) is 0 Å². The van der Waals surface area contributed by atoms with Gasteiger partial charge in [0.2, 0.25) is 0 Å². The second kappa shape index (κ2) is 12.3. The highest BCUT2D eigenvalue weighted by Gasteiger charge is 2.40. The zero-order valence-corrected chi connectivity index (χ0v) is 30.2. The minimum Gasteiger partial charge on any atom is -0.310 e. The number of anilines is 3. The van der Waals surface area contributed by atoms with Gasteiger partial charge in [-0.15, -0.1) is 0 Å². The molecule has 0 radical (unpaired) electrons. The van der Waals surface area contributed by atoms with Crippen LogP contribution < -0.4 is 4.90 Å². The summed E-state index contributed by atoms with van der Waals surface area (Å²) in [6.45, 7) is 4.85. The van der Waals surface area contributed by atoms with Crippen LogP contribution in [0.15, 0.2) is 127 Å². The van der Waals surface area contributed by atoms with Crippen molar-refractivity contribution in [2.45, 2.75) is 88.9 Å². The standard InChI is InChI=1S/C50H49N/c1-50(2)48-31-39(44-17-9-13-35-12-6-7-16-43(35)44)22-26-45(48)46-27-25-42(32-49(46)50)51(41-15-8-14-37(30-41)34-10-4-3-5-11-34)40-23-20-36(21-24-40)47-29-33-18-19-38(47)28-33/h6-9,12-17,20-27,30-34,38,47H,3-5,10-11,18-19,28-29H2,1-2H3. The van der Waals surface area contributed by atoms with Crippen molar-refractivity contribution in [2.24, 2.45) is 11.8 Å². The van der Waals surface area contributed by atoms with E-state index in [9.17, 15) is 0 Å². The normalized spacial score (nSPS) is 21.9. The van der Waals surface area contributed by atoms with Gasteiger partial charge in [-0.05, 0) is 154 Å². The van der Waals surface area contributed by atoms with Crippen LogP contribution in [-0.4, -0.2) is 0 Å². The van der Waals surface area contributed by atoms with Crippen LogP contribution in [0.2, 0.25) is 0 Å². The van der Waals surface area contributed by atoms with Crippen molar-refractivity contribution in [2.75, 3.05) is 4.90 Å². The van der Waals surface area contributed by atoms with E-state index in [1.165, 1.54) is 125 Å². The summed E-state index contributed by atoms with van der Waals surface area (Å²) in [5.41, 5.74) is 14.9. The van der Waals surface area contributed by atoms with Gasteiger partial charge in [-0.1, -0.05) is 124 Å². The van der Waals surface area contributed by atoms with Gasteiger partial charge in [-0.25, -0.2) is 0 Å². The van der Waals surface area contributed by atoms with Gasteiger partial charge in [0.05, 0.1) is 0 Å². The lowest BCUT2D eigenvalue weighted by Gasteiger charge is -2.30. The largest absolute Gasteiger partial charge is 0.310 e. The second-order valence-corrected chi connectivity index (χ2v) is 16.8. The molecule has 10 rings (SSSR count). The Balaban J connectivity index is 1.05. The van der Waals surface area contributed by atoms with Crippen LogP contribution in [-0.2, 0) is 5.41 Å². The Bertz CT molecular complexity index is 2250. The third-order valence-electron chi connectivity index (χ3n) is 13.5. The van der Waals surface area contributed by atoms with Gasteiger partial charge in [0, 0.05) is 22.5 Å². The SMILES string of the molecule is CC1(C)c2cc(-c3cccc4ccccc34)ccc2-c2ccc(N(c3ccc(C4CC5CCC4C5)cc3)c3cccc(C4CCCCC4)c3)cc21. The maximum absolute atomic E-state index is 2.54. The fraction of sp³-hybridized carbons (Fsp3) is 0.320. The fourth-order valence-electron chi connectivity index (χ4n) is 10.8. The van der Waals surface area contributed by atoms with E-state index in [2.05, 4.69) is 146 Å². The molecule has 6 aromatic carbocycles. The minimum absolute atomic E-state index is 0.122. The van der Waals surface area contributed by atoms with Crippen molar-refractivity contribution < 1.29 is 0 Å². The van der Waals surface area contributed by atoms with Crippen LogP contribution in [0.4, 0.5) is 17.1 Å². The van der Waals surface area contributed by atoms with Gasteiger partial charge in [0.1, 0.15) is 0 Å². The molecule has 4 aliphatic carbocycles. The van der Waals surface area contributed by atoms with Gasteiger partial charge in [-0.2, -0.15) is 0 Å². The van der Waals surface area contributed by atoms with E-state index in [0.717, 1.165) is 17.8 Å². The van der Waals surface area contributed by atoms with Gasteiger partial charge in [-0.3, -0.25) is 0 Å². The highest BCUT2D eigenvalue weighted by Crippen LogP contribution is 2.54. The second-order valence-electron chi connectivity index (χ2n) is 16.8. The van der Waals surface area contributed by atoms with Crippen LogP contribution in [0.25, 0.3) is 33.0 Å². The van der Waals surface area contributed by atoms with E-state index in [1.807, 2.05) is 0 Å². The van der Waals surface area contributed by atoms with E-state index < -0.39 is 0 Å². The molecule has 3 unspecified atom stereocenters. The first kappa shape index (κ1) is 31.1. The summed E-state index contributed by atoms with van der Waals surface area (Å²) < 4.78 is 0. The molecule has 0 aliphatic heterocycles. The Hall–Kier alpha value is -4.62. The number of nitrogens with zero attached hydrogens (tertiary/aromatic N) is 1. The lowest BCUT2D eigenvalue weighted by atomic mass is 9.81. The highest BCUT2D eigenvalue weighted by molar-refractivity contribution is 5.98. The topological polar surface area (TPSA) is 3.24 Å². The summed E-state index contributed by atoms with van der Waals surface area (Å²) in [4.78, 5) is 2.54. The summed E-state index contributed by atoms with van der Waals surface area (Å²) in [7, 11) is 0. The van der Waals surface area contributed by atoms with E-state index in [-0.39, 0.29) is 5.41 Å². The molecule has 6 aromatic rings. The molecule has 1 heteroatoms. The molecular formula is C50H49N. The van der Waals surface area contributed by atoms with Crippen molar-refractivity contribution in [1.29, 1.82) is 0 Å². The zero-order chi connectivity index (χ0) is 34.1. The van der Waals surface area contributed by atoms with Gasteiger partial charge in [0.15, 0.2) is 0 Å². The lowest BCUT2D eigenvalue weighted by molar-refractivity contribution is 0.420. The molecule has 4 aliphatic rings. The summed E-state index contributed by atoms with van der Waals surface area (Å²) in [6, 6.07) is 49.2. The molecule has 3 atom stereocenters. The van der Waals surface area contributed by atoms with E-state index in [1.54, 1.807) is 5.56 Å². The number of hydrogen-bond acceptors (Lipinski definition) is 1. The van der Waals surface area contributed by atoms with E-state index in [4.69, 9.17) is 0 Å². The third-order valence-corrected chi connectivity index (χ3v) is 13.5. The summed E-state index contributed by atoms with van der Waals surface area (Å²) in [6.07, 6.45) is 12.4. The Morgan fingerprint density at radius 3 is 2.06 bits per heavy atom. The summed E-state index contributed by atoms with van der Waals surface area (Å²) in [5, 5.41) is 2.60. The molecule has 0 spiro atoms. The smallest absolute Gasteiger partial charge is 0.0465 e.